The number of hydrogen-bond acceptors (Lipinski definition) is 1. The van der Waals surface area contributed by atoms with Gasteiger partial charge in [-0.15, -0.1) is 0 Å². The van der Waals surface area contributed by atoms with Gasteiger partial charge in [0.05, 0.1) is 0 Å². The smallest absolute Gasteiger partial charge is 0.0467 e. The largest absolute Gasteiger partial charge is 0.310 e. The van der Waals surface area contributed by atoms with E-state index in [4.69, 9.17) is 0 Å². The average molecular weight is 626 g/mol. The van der Waals surface area contributed by atoms with Crippen LogP contribution in [0.25, 0.3) is 55.6 Å². The molecule has 0 aromatic heterocycles. The second-order valence-corrected chi connectivity index (χ2v) is 12.2. The molecule has 0 heterocycles. The zero-order valence-corrected chi connectivity index (χ0v) is 27.2. The number of benzene rings is 8. The van der Waals surface area contributed by atoms with Crippen molar-refractivity contribution in [3.8, 4) is 55.6 Å². The third kappa shape index (κ3) is 6.31. The lowest BCUT2D eigenvalue weighted by Gasteiger charge is -2.27. The molecule has 8 aromatic carbocycles. The van der Waals surface area contributed by atoms with Gasteiger partial charge in [-0.25, -0.2) is 0 Å². The summed E-state index contributed by atoms with van der Waals surface area (Å²) in [5.74, 6) is 0. The van der Waals surface area contributed by atoms with E-state index in [1.807, 2.05) is 0 Å². The molecule has 0 bridgehead atoms. The van der Waals surface area contributed by atoms with E-state index in [-0.39, 0.29) is 0 Å². The van der Waals surface area contributed by atoms with E-state index in [1.54, 1.807) is 0 Å². The first kappa shape index (κ1) is 29.9. The Morgan fingerprint density at radius 2 is 0.592 bits per heavy atom. The predicted molar refractivity (Wildman–Crippen MR) is 208 cm³/mol. The molecular weight excluding hydrogens is 591 g/mol. The Labute approximate surface area is 289 Å². The Bertz CT molecular complexity index is 2190. The zero-order valence-electron chi connectivity index (χ0n) is 27.2. The van der Waals surface area contributed by atoms with Crippen LogP contribution >= 0.6 is 0 Å². The van der Waals surface area contributed by atoms with Crippen LogP contribution in [0.5, 0.6) is 0 Å². The molecule has 232 valence electrons. The zero-order chi connectivity index (χ0) is 32.8. The lowest BCUT2D eigenvalue weighted by Crippen LogP contribution is -2.10. The fraction of sp³-hybridized carbons (Fsp3) is 0. The van der Waals surface area contributed by atoms with E-state index in [0.29, 0.717) is 0 Å². The molecule has 0 unspecified atom stereocenters. The van der Waals surface area contributed by atoms with Crippen LogP contribution in [0.15, 0.2) is 212 Å². The van der Waals surface area contributed by atoms with Crippen LogP contribution in [0, 0.1) is 0 Å². The molecule has 0 amide bonds. The second kappa shape index (κ2) is 13.7. The van der Waals surface area contributed by atoms with E-state index in [9.17, 15) is 0 Å². The molecule has 1 heteroatoms. The fourth-order valence-corrected chi connectivity index (χ4v) is 6.69. The molecule has 0 N–H and O–H groups in total. The van der Waals surface area contributed by atoms with Gasteiger partial charge >= 0.3 is 0 Å². The van der Waals surface area contributed by atoms with E-state index >= 15 is 0 Å². The number of rotatable bonds is 8. The fourth-order valence-electron chi connectivity index (χ4n) is 6.69. The summed E-state index contributed by atoms with van der Waals surface area (Å²) < 4.78 is 0. The SMILES string of the molecule is c1ccc(-c2ccc(N(c3ccc(-c4ccccc4)cc3)c3cccc(-c4cccc(-c5ccccc5)c4-c4ccccc4)c3)cc2)cc1. The average Bonchev–Trinajstić information content (AvgIpc) is 3.20. The van der Waals surface area contributed by atoms with Gasteiger partial charge in [0.1, 0.15) is 0 Å². The van der Waals surface area contributed by atoms with Gasteiger partial charge < -0.3 is 4.90 Å². The molecule has 0 atom stereocenters. The van der Waals surface area contributed by atoms with Gasteiger partial charge in [-0.1, -0.05) is 176 Å². The summed E-state index contributed by atoms with van der Waals surface area (Å²) in [7, 11) is 0. The lowest BCUT2D eigenvalue weighted by molar-refractivity contribution is 1.28. The van der Waals surface area contributed by atoms with Gasteiger partial charge in [0.25, 0.3) is 0 Å². The van der Waals surface area contributed by atoms with Gasteiger partial charge in [-0.05, 0) is 92.0 Å². The topological polar surface area (TPSA) is 3.24 Å². The Kier molecular flexibility index (Phi) is 8.39. The van der Waals surface area contributed by atoms with Crippen LogP contribution in [0.2, 0.25) is 0 Å². The maximum atomic E-state index is 2.36. The molecule has 0 saturated heterocycles. The summed E-state index contributed by atoms with van der Waals surface area (Å²) in [5.41, 5.74) is 15.3. The van der Waals surface area contributed by atoms with Crippen LogP contribution in [-0.4, -0.2) is 0 Å². The Morgan fingerprint density at radius 1 is 0.224 bits per heavy atom. The van der Waals surface area contributed by atoms with Crippen molar-refractivity contribution >= 4 is 17.1 Å². The summed E-state index contributed by atoms with van der Waals surface area (Å²) >= 11 is 0. The van der Waals surface area contributed by atoms with E-state index in [2.05, 4.69) is 217 Å². The van der Waals surface area contributed by atoms with Crippen molar-refractivity contribution in [2.75, 3.05) is 4.90 Å². The lowest BCUT2D eigenvalue weighted by atomic mass is 9.87. The molecule has 1 nitrogen and oxygen atoms in total. The number of hydrogen-bond donors (Lipinski definition) is 0. The number of anilines is 3. The van der Waals surface area contributed by atoms with Crippen molar-refractivity contribution in [2.24, 2.45) is 0 Å². The van der Waals surface area contributed by atoms with Crippen LogP contribution in [-0.2, 0) is 0 Å². The molecule has 49 heavy (non-hydrogen) atoms. The van der Waals surface area contributed by atoms with Crippen LogP contribution in [0.4, 0.5) is 17.1 Å². The van der Waals surface area contributed by atoms with E-state index in [1.165, 1.54) is 55.6 Å². The molecule has 0 aliphatic rings. The van der Waals surface area contributed by atoms with Crippen molar-refractivity contribution in [1.82, 2.24) is 0 Å². The molecule has 0 fully saturated rings. The highest BCUT2D eigenvalue weighted by Crippen LogP contribution is 2.43. The van der Waals surface area contributed by atoms with Crippen LogP contribution in [0.3, 0.4) is 0 Å². The minimum atomic E-state index is 1.10. The number of nitrogens with zero attached hydrogens (tertiary/aromatic N) is 1. The third-order valence-corrected chi connectivity index (χ3v) is 9.09. The van der Waals surface area contributed by atoms with E-state index < -0.39 is 0 Å². The van der Waals surface area contributed by atoms with Crippen molar-refractivity contribution in [2.45, 2.75) is 0 Å². The van der Waals surface area contributed by atoms with Crippen molar-refractivity contribution in [1.29, 1.82) is 0 Å². The monoisotopic (exact) mass is 625 g/mol. The third-order valence-electron chi connectivity index (χ3n) is 9.09. The van der Waals surface area contributed by atoms with Gasteiger partial charge in [-0.2, -0.15) is 0 Å². The van der Waals surface area contributed by atoms with Gasteiger partial charge in [0, 0.05) is 17.1 Å². The minimum absolute atomic E-state index is 1.10. The van der Waals surface area contributed by atoms with Gasteiger partial charge in [-0.3, -0.25) is 0 Å². The summed E-state index contributed by atoms with van der Waals surface area (Å²) in [6, 6.07) is 76.0. The van der Waals surface area contributed by atoms with Crippen molar-refractivity contribution in [3.63, 3.8) is 0 Å². The van der Waals surface area contributed by atoms with Crippen molar-refractivity contribution < 1.29 is 0 Å². The summed E-state index contributed by atoms with van der Waals surface area (Å²) in [4.78, 5) is 2.36. The molecule has 0 aliphatic heterocycles. The standard InChI is InChI=1S/C48H35N/c1-5-15-36(16-6-1)38-27-31-43(32-28-38)49(44-33-29-39(30-34-44)37-17-7-2-8-18-37)45-24-13-23-42(35-45)47-26-14-25-46(40-19-9-3-10-20-40)48(47)41-21-11-4-12-22-41/h1-35H. The second-order valence-electron chi connectivity index (χ2n) is 12.2. The van der Waals surface area contributed by atoms with Crippen molar-refractivity contribution in [3.05, 3.63) is 212 Å². The first-order valence-corrected chi connectivity index (χ1v) is 16.8. The highest BCUT2D eigenvalue weighted by Gasteiger charge is 2.17. The van der Waals surface area contributed by atoms with Gasteiger partial charge in [0.15, 0.2) is 0 Å². The highest BCUT2D eigenvalue weighted by atomic mass is 15.1. The normalized spacial score (nSPS) is 10.9. The summed E-state index contributed by atoms with van der Waals surface area (Å²) in [6.07, 6.45) is 0. The minimum Gasteiger partial charge on any atom is -0.310 e. The molecule has 8 rings (SSSR count). The summed E-state index contributed by atoms with van der Waals surface area (Å²) in [5, 5.41) is 0. The van der Waals surface area contributed by atoms with Gasteiger partial charge in [0.2, 0.25) is 0 Å². The van der Waals surface area contributed by atoms with Crippen LogP contribution < -0.4 is 4.90 Å². The molecule has 0 aliphatic carbocycles. The maximum absolute atomic E-state index is 2.36. The van der Waals surface area contributed by atoms with Crippen LogP contribution in [0.1, 0.15) is 0 Å². The quantitative estimate of drug-likeness (QED) is 0.162. The molecular formula is C48H35N. The predicted octanol–water partition coefficient (Wildman–Crippen LogP) is 13.5. The molecule has 8 aromatic rings. The Hall–Kier alpha value is -6.44. The summed E-state index contributed by atoms with van der Waals surface area (Å²) in [6.45, 7) is 0. The Morgan fingerprint density at radius 3 is 1.08 bits per heavy atom. The first-order valence-electron chi connectivity index (χ1n) is 16.8. The molecule has 0 radical (unpaired) electrons. The molecule has 0 spiro atoms. The maximum Gasteiger partial charge on any atom is 0.0467 e. The highest BCUT2D eigenvalue weighted by molar-refractivity contribution is 5.95. The van der Waals surface area contributed by atoms with E-state index in [0.717, 1.165) is 17.1 Å². The Balaban J connectivity index is 1.26. The molecule has 0 saturated carbocycles. The first-order chi connectivity index (χ1) is 24.3.